The number of carbonyl (C=O) groups is 1. The Labute approximate surface area is 124 Å². The Bertz CT molecular complexity index is 742. The number of nitrogens with zero attached hydrogens (tertiary/aromatic N) is 2. The van der Waals surface area contributed by atoms with Gasteiger partial charge in [-0.15, -0.1) is 11.3 Å². The molecule has 100 valence electrons. The fraction of sp³-hybridized carbons (Fsp3) is 0.0714. The summed E-state index contributed by atoms with van der Waals surface area (Å²) < 4.78 is 0.986. The van der Waals surface area contributed by atoms with Crippen LogP contribution in [-0.4, -0.2) is 15.9 Å². The average Bonchev–Trinajstić information content (AvgIpc) is 2.94. The minimum absolute atomic E-state index is 0.371. The molecule has 0 radical (unpaired) electrons. The minimum atomic E-state index is -0.448. The van der Waals surface area contributed by atoms with Gasteiger partial charge in [0.15, 0.2) is 0 Å². The largest absolute Gasteiger partial charge is 0.368 e. The molecule has 0 saturated carbocycles. The monoisotopic (exact) mass is 301 g/mol. The highest BCUT2D eigenvalue weighted by Crippen LogP contribution is 2.38. The molecule has 0 aliphatic heterocycles. The smallest absolute Gasteiger partial charge is 0.235 e. The summed E-state index contributed by atoms with van der Waals surface area (Å²) in [5, 5.41) is 2.31. The third-order valence-corrected chi connectivity index (χ3v) is 5.11. The first kappa shape index (κ1) is 13.1. The molecule has 4 nitrogen and oxygen atoms in total. The lowest BCUT2D eigenvalue weighted by atomic mass is 10.1. The van der Waals surface area contributed by atoms with Crippen molar-refractivity contribution in [3.63, 3.8) is 0 Å². The maximum Gasteiger partial charge on any atom is 0.235 e. The van der Waals surface area contributed by atoms with Gasteiger partial charge in [0.2, 0.25) is 5.91 Å². The second-order valence-corrected chi connectivity index (χ2v) is 6.13. The predicted octanol–water partition coefficient (Wildman–Crippen LogP) is 3.01. The topological polar surface area (TPSA) is 68.9 Å². The lowest BCUT2D eigenvalue weighted by molar-refractivity contribution is -0.117. The van der Waals surface area contributed by atoms with E-state index in [1.165, 1.54) is 18.1 Å². The van der Waals surface area contributed by atoms with Gasteiger partial charge >= 0.3 is 0 Å². The zero-order valence-electron chi connectivity index (χ0n) is 10.4. The molecule has 0 saturated heterocycles. The minimum Gasteiger partial charge on any atom is -0.368 e. The molecular formula is C14H11N3OS2. The second kappa shape index (κ2) is 5.60. The van der Waals surface area contributed by atoms with Gasteiger partial charge in [0, 0.05) is 0 Å². The first-order chi connectivity index (χ1) is 9.75. The quantitative estimate of drug-likeness (QED) is 0.594. The Morgan fingerprint density at radius 3 is 2.75 bits per heavy atom. The van der Waals surface area contributed by atoms with E-state index in [0.717, 1.165) is 20.8 Å². The van der Waals surface area contributed by atoms with E-state index in [1.54, 1.807) is 11.3 Å². The third kappa shape index (κ3) is 2.52. The standard InChI is InChI=1S/C14H11N3OS2/c15-13(18)11(9-4-2-1-3-5-9)20-14-12-10(6-7-19-12)16-8-17-14/h1-8,11H,(H2,15,18). The molecule has 0 bridgehead atoms. The molecule has 2 heterocycles. The SMILES string of the molecule is NC(=O)C(Sc1ncnc2ccsc12)c1ccccc1. The number of nitrogens with two attached hydrogens (primary N) is 1. The van der Waals surface area contributed by atoms with Crippen LogP contribution in [0.2, 0.25) is 0 Å². The van der Waals surface area contributed by atoms with Gasteiger partial charge in [-0.05, 0) is 17.0 Å². The molecule has 2 aromatic heterocycles. The van der Waals surface area contributed by atoms with Gasteiger partial charge in [-0.2, -0.15) is 0 Å². The van der Waals surface area contributed by atoms with Gasteiger partial charge in [0.1, 0.15) is 16.6 Å². The molecule has 0 fully saturated rings. The van der Waals surface area contributed by atoms with Crippen LogP contribution in [-0.2, 0) is 4.79 Å². The van der Waals surface area contributed by atoms with Crippen LogP contribution >= 0.6 is 23.1 Å². The lowest BCUT2D eigenvalue weighted by Gasteiger charge is -2.12. The van der Waals surface area contributed by atoms with Crippen molar-refractivity contribution in [2.75, 3.05) is 0 Å². The molecule has 1 aromatic carbocycles. The van der Waals surface area contributed by atoms with E-state index in [0.29, 0.717) is 0 Å². The van der Waals surface area contributed by atoms with Gasteiger partial charge in [-0.1, -0.05) is 42.1 Å². The Balaban J connectivity index is 1.99. The predicted molar refractivity (Wildman–Crippen MR) is 81.6 cm³/mol. The van der Waals surface area contributed by atoms with Gasteiger partial charge in [0.05, 0.1) is 10.2 Å². The number of thioether (sulfide) groups is 1. The summed E-state index contributed by atoms with van der Waals surface area (Å²) in [6, 6.07) is 11.4. The molecule has 0 aliphatic carbocycles. The second-order valence-electron chi connectivity index (χ2n) is 4.12. The molecule has 20 heavy (non-hydrogen) atoms. The Hall–Kier alpha value is -1.92. The fourth-order valence-electron chi connectivity index (χ4n) is 1.88. The van der Waals surface area contributed by atoms with Gasteiger partial charge in [-0.3, -0.25) is 4.79 Å². The van der Waals surface area contributed by atoms with Crippen LogP contribution in [0.5, 0.6) is 0 Å². The molecule has 6 heteroatoms. The summed E-state index contributed by atoms with van der Waals surface area (Å²) in [5.74, 6) is -0.371. The number of fused-ring (bicyclic) bond motifs is 1. The Morgan fingerprint density at radius 1 is 1.20 bits per heavy atom. The van der Waals surface area contributed by atoms with Crippen molar-refractivity contribution in [1.82, 2.24) is 9.97 Å². The van der Waals surface area contributed by atoms with E-state index < -0.39 is 5.25 Å². The number of aromatic nitrogens is 2. The number of thiophene rings is 1. The fourth-order valence-corrected chi connectivity index (χ4v) is 3.85. The normalized spacial score (nSPS) is 12.4. The highest BCUT2D eigenvalue weighted by Gasteiger charge is 2.21. The lowest BCUT2D eigenvalue weighted by Crippen LogP contribution is -2.19. The van der Waals surface area contributed by atoms with Crippen LogP contribution in [0.1, 0.15) is 10.8 Å². The summed E-state index contributed by atoms with van der Waals surface area (Å²) in [5.41, 5.74) is 7.31. The summed E-state index contributed by atoms with van der Waals surface area (Å²) in [6.07, 6.45) is 1.51. The molecule has 1 amide bonds. The van der Waals surface area contributed by atoms with E-state index in [-0.39, 0.29) is 5.91 Å². The first-order valence-corrected chi connectivity index (χ1v) is 7.71. The van der Waals surface area contributed by atoms with Crippen LogP contribution < -0.4 is 5.73 Å². The van der Waals surface area contributed by atoms with Crippen molar-refractivity contribution in [1.29, 1.82) is 0 Å². The van der Waals surface area contributed by atoms with E-state index in [9.17, 15) is 4.79 Å². The molecular weight excluding hydrogens is 290 g/mol. The first-order valence-electron chi connectivity index (χ1n) is 5.95. The van der Waals surface area contributed by atoms with Crippen molar-refractivity contribution in [3.05, 3.63) is 53.7 Å². The zero-order valence-corrected chi connectivity index (χ0v) is 12.0. The van der Waals surface area contributed by atoms with Crippen LogP contribution in [0.15, 0.2) is 53.1 Å². The summed E-state index contributed by atoms with van der Waals surface area (Å²) in [4.78, 5) is 20.2. The summed E-state index contributed by atoms with van der Waals surface area (Å²) in [7, 11) is 0. The molecule has 0 spiro atoms. The van der Waals surface area contributed by atoms with Crippen LogP contribution in [0.3, 0.4) is 0 Å². The van der Waals surface area contributed by atoms with E-state index in [2.05, 4.69) is 9.97 Å². The third-order valence-electron chi connectivity index (χ3n) is 2.80. The number of rotatable bonds is 4. The van der Waals surface area contributed by atoms with Crippen molar-refractivity contribution < 1.29 is 4.79 Å². The molecule has 1 atom stereocenters. The maximum absolute atomic E-state index is 11.7. The van der Waals surface area contributed by atoms with Crippen LogP contribution in [0.25, 0.3) is 10.2 Å². The number of hydrogen-bond acceptors (Lipinski definition) is 5. The number of benzene rings is 1. The van der Waals surface area contributed by atoms with Crippen molar-refractivity contribution in [2.24, 2.45) is 5.73 Å². The molecule has 3 rings (SSSR count). The molecule has 0 aliphatic rings. The highest BCUT2D eigenvalue weighted by molar-refractivity contribution is 8.00. The van der Waals surface area contributed by atoms with Gasteiger partial charge in [0.25, 0.3) is 0 Å². The number of primary amides is 1. The zero-order chi connectivity index (χ0) is 13.9. The number of carbonyl (C=O) groups excluding carboxylic acids is 1. The van der Waals surface area contributed by atoms with Gasteiger partial charge < -0.3 is 5.73 Å². The number of hydrogen-bond donors (Lipinski definition) is 1. The number of amides is 1. The molecule has 2 N–H and O–H groups in total. The average molecular weight is 301 g/mol. The highest BCUT2D eigenvalue weighted by atomic mass is 32.2. The van der Waals surface area contributed by atoms with E-state index >= 15 is 0 Å². The Morgan fingerprint density at radius 2 is 2.00 bits per heavy atom. The van der Waals surface area contributed by atoms with Crippen molar-refractivity contribution in [3.8, 4) is 0 Å². The maximum atomic E-state index is 11.7. The molecule has 3 aromatic rings. The van der Waals surface area contributed by atoms with E-state index in [1.807, 2.05) is 41.8 Å². The summed E-state index contributed by atoms with van der Waals surface area (Å²) in [6.45, 7) is 0. The van der Waals surface area contributed by atoms with Crippen molar-refractivity contribution >= 4 is 39.2 Å². The Kier molecular flexibility index (Phi) is 3.66. The van der Waals surface area contributed by atoms with Gasteiger partial charge in [-0.25, -0.2) is 9.97 Å². The van der Waals surface area contributed by atoms with Crippen molar-refractivity contribution in [2.45, 2.75) is 10.3 Å². The van der Waals surface area contributed by atoms with Crippen LogP contribution in [0.4, 0.5) is 0 Å². The summed E-state index contributed by atoms with van der Waals surface area (Å²) >= 11 is 2.93. The van der Waals surface area contributed by atoms with Crippen LogP contribution in [0, 0.1) is 0 Å². The molecule has 1 unspecified atom stereocenters. The van der Waals surface area contributed by atoms with E-state index in [4.69, 9.17) is 5.73 Å².